The Morgan fingerprint density at radius 2 is 0.800 bits per heavy atom. The van der Waals surface area contributed by atoms with Crippen molar-refractivity contribution in [2.75, 3.05) is 0 Å². The van der Waals surface area contributed by atoms with Crippen LogP contribution in [-0.2, 0) is 21.7 Å². The number of rotatable bonds is 1. The molecule has 2 saturated carbocycles. The van der Waals surface area contributed by atoms with Gasteiger partial charge in [-0.1, -0.05) is 62.5 Å². The third kappa shape index (κ3) is 7.84. The van der Waals surface area contributed by atoms with Crippen molar-refractivity contribution in [1.29, 1.82) is 0 Å². The molecule has 0 saturated heterocycles. The zero-order valence-corrected chi connectivity index (χ0v) is 16.7. The molecule has 10 radical (unpaired) electrons. The molecule has 0 aliphatic heterocycles. The molecule has 0 spiro atoms. The quantitative estimate of drug-likeness (QED) is 0.415. The molecule has 25 heavy (non-hydrogen) atoms. The number of allylic oxidation sites excluding steroid dienone is 8. The Hall–Kier alpha value is -0.326. The zero-order valence-electron chi connectivity index (χ0n) is 15.2. The third-order valence-electron chi connectivity index (χ3n) is 4.07. The molecule has 1 heteroatoms. The molecule has 0 heterocycles. The van der Waals surface area contributed by atoms with Gasteiger partial charge in [-0.2, -0.15) is 11.8 Å². The van der Waals surface area contributed by atoms with Gasteiger partial charge in [-0.25, -0.2) is 0 Å². The van der Waals surface area contributed by atoms with Crippen molar-refractivity contribution < 1.29 is 21.7 Å². The van der Waals surface area contributed by atoms with Gasteiger partial charge in [0, 0.05) is 23.7 Å². The molecule has 0 amide bonds. The van der Waals surface area contributed by atoms with E-state index in [4.69, 9.17) is 0 Å². The normalized spacial score (nSPS) is 24.3. The van der Waals surface area contributed by atoms with Crippen LogP contribution in [0.3, 0.4) is 0 Å². The predicted octanol–water partition coefficient (Wildman–Crippen LogP) is 5.70. The predicted molar refractivity (Wildman–Crippen MR) is 104 cm³/mol. The van der Waals surface area contributed by atoms with Crippen molar-refractivity contribution in [2.45, 2.75) is 13.8 Å². The SMILES string of the molecule is [CH2-]C(C)C([CH2-])C.[CH]1[CH][C]2C=CC=C[C]2[CH]1.[CH]1[CH][C]2C=CC=C[C]2[CH]1.[Ti+2]. The van der Waals surface area contributed by atoms with E-state index in [0.29, 0.717) is 11.8 Å². The van der Waals surface area contributed by atoms with Gasteiger partial charge < -0.3 is 13.8 Å². The first-order chi connectivity index (χ1) is 11.6. The Morgan fingerprint density at radius 1 is 0.560 bits per heavy atom. The second-order valence-corrected chi connectivity index (χ2v) is 6.26. The molecule has 0 nitrogen and oxygen atoms in total. The topological polar surface area (TPSA) is 0 Å². The molecule has 4 rings (SSSR count). The van der Waals surface area contributed by atoms with Crippen molar-refractivity contribution >= 4 is 0 Å². The van der Waals surface area contributed by atoms with E-state index >= 15 is 0 Å². The maximum atomic E-state index is 3.78. The summed E-state index contributed by atoms with van der Waals surface area (Å²) in [5, 5.41) is 0. The van der Waals surface area contributed by atoms with Crippen LogP contribution in [-0.4, -0.2) is 0 Å². The minimum absolute atomic E-state index is 0. The fourth-order valence-corrected chi connectivity index (χ4v) is 2.14. The van der Waals surface area contributed by atoms with Crippen LogP contribution in [0, 0.1) is 87.9 Å². The van der Waals surface area contributed by atoms with Gasteiger partial charge in [-0.05, 0) is 38.5 Å². The molecule has 126 valence electrons. The molecule has 2 unspecified atom stereocenters. The smallest absolute Gasteiger partial charge is 0.343 e. The van der Waals surface area contributed by atoms with E-state index in [1.807, 2.05) is 0 Å². The van der Waals surface area contributed by atoms with Crippen LogP contribution in [0.15, 0.2) is 48.6 Å². The average Bonchev–Trinajstić information content (AvgIpc) is 3.24. The first-order valence-corrected chi connectivity index (χ1v) is 8.45. The Morgan fingerprint density at radius 3 is 1.00 bits per heavy atom. The molecule has 4 aliphatic carbocycles. The Balaban J connectivity index is 0.000000189. The first-order valence-electron chi connectivity index (χ1n) is 8.45. The second-order valence-electron chi connectivity index (χ2n) is 6.26. The van der Waals surface area contributed by atoms with Gasteiger partial charge in [0.25, 0.3) is 0 Å². The van der Waals surface area contributed by atoms with Crippen LogP contribution in [0.2, 0.25) is 0 Å². The summed E-state index contributed by atoms with van der Waals surface area (Å²) in [4.78, 5) is 0. The standard InChI is InChI=1S/2C9H7.C6H12.Ti/c2*1-2-5-9-7-3-6-8(9)4-1;1-5(2)6(3)4;/h2*1-7H;5-6H,1,3H2,2,4H3;/q;;-2;+2. The molecule has 0 aromatic rings. The van der Waals surface area contributed by atoms with Gasteiger partial charge in [-0.15, -0.1) is 0 Å². The van der Waals surface area contributed by atoms with Crippen molar-refractivity contribution in [3.8, 4) is 0 Å². The Bertz CT molecular complexity index is 386. The van der Waals surface area contributed by atoms with Crippen LogP contribution in [0.5, 0.6) is 0 Å². The molecule has 0 aromatic heterocycles. The van der Waals surface area contributed by atoms with E-state index in [2.05, 4.69) is 115 Å². The van der Waals surface area contributed by atoms with Crippen molar-refractivity contribution in [1.82, 2.24) is 0 Å². The summed E-state index contributed by atoms with van der Waals surface area (Å²) in [6.45, 7) is 11.7. The van der Waals surface area contributed by atoms with Crippen molar-refractivity contribution in [2.24, 2.45) is 11.8 Å². The summed E-state index contributed by atoms with van der Waals surface area (Å²) < 4.78 is 0. The molecule has 0 N–H and O–H groups in total. The van der Waals surface area contributed by atoms with Gasteiger partial charge in [0.2, 0.25) is 0 Å². The molecule has 2 atom stereocenters. The molecule has 0 bridgehead atoms. The summed E-state index contributed by atoms with van der Waals surface area (Å²) in [5.74, 6) is 6.31. The Labute approximate surface area is 171 Å². The van der Waals surface area contributed by atoms with Crippen molar-refractivity contribution in [3.05, 3.63) is 125 Å². The number of hydrogen-bond donors (Lipinski definition) is 0. The van der Waals surface area contributed by atoms with Gasteiger partial charge in [0.1, 0.15) is 0 Å². The van der Waals surface area contributed by atoms with E-state index in [1.165, 1.54) is 23.7 Å². The molecule has 0 aromatic carbocycles. The maximum absolute atomic E-state index is 3.78. The van der Waals surface area contributed by atoms with Crippen LogP contribution in [0.1, 0.15) is 13.8 Å². The summed E-state index contributed by atoms with van der Waals surface area (Å²) in [7, 11) is 0. The summed E-state index contributed by atoms with van der Waals surface area (Å²) in [6.07, 6.45) is 29.3. The van der Waals surface area contributed by atoms with Crippen LogP contribution in [0.25, 0.3) is 0 Å². The number of hydrogen-bond acceptors (Lipinski definition) is 0. The van der Waals surface area contributed by atoms with Crippen LogP contribution >= 0.6 is 0 Å². The average molecular weight is 362 g/mol. The van der Waals surface area contributed by atoms with E-state index in [1.54, 1.807) is 0 Å². The molecule has 2 fully saturated rings. The molecular formula is C24H26Ti. The second kappa shape index (κ2) is 12.1. The van der Waals surface area contributed by atoms with Crippen molar-refractivity contribution in [3.63, 3.8) is 0 Å². The van der Waals surface area contributed by atoms with E-state index < -0.39 is 0 Å². The van der Waals surface area contributed by atoms with E-state index in [-0.39, 0.29) is 21.7 Å². The number of fused-ring (bicyclic) bond motifs is 2. The van der Waals surface area contributed by atoms with Gasteiger partial charge in [-0.3, -0.25) is 0 Å². The molecular weight excluding hydrogens is 336 g/mol. The third-order valence-corrected chi connectivity index (χ3v) is 4.07. The summed E-state index contributed by atoms with van der Waals surface area (Å²) >= 11 is 0. The fraction of sp³-hybridized carbons (Fsp3) is 0.167. The Kier molecular flexibility index (Phi) is 11.0. The van der Waals surface area contributed by atoms with Gasteiger partial charge in [0.15, 0.2) is 0 Å². The fourth-order valence-electron chi connectivity index (χ4n) is 2.14. The minimum atomic E-state index is 0. The van der Waals surface area contributed by atoms with Gasteiger partial charge in [0.05, 0.1) is 0 Å². The van der Waals surface area contributed by atoms with Gasteiger partial charge >= 0.3 is 21.7 Å². The van der Waals surface area contributed by atoms with E-state index in [0.717, 1.165) is 0 Å². The first kappa shape index (κ1) is 22.7. The summed E-state index contributed by atoms with van der Waals surface area (Å²) in [5.41, 5.74) is 0. The largest absolute Gasteiger partial charge is 2.00 e. The summed E-state index contributed by atoms with van der Waals surface area (Å²) in [6, 6.07) is 0. The monoisotopic (exact) mass is 362 g/mol. The minimum Gasteiger partial charge on any atom is -0.343 e. The zero-order chi connectivity index (χ0) is 17.4. The molecule has 4 aliphatic rings. The maximum Gasteiger partial charge on any atom is 2.00 e. The van der Waals surface area contributed by atoms with E-state index in [9.17, 15) is 0 Å². The van der Waals surface area contributed by atoms with Crippen LogP contribution in [0.4, 0.5) is 0 Å². The van der Waals surface area contributed by atoms with Crippen LogP contribution < -0.4 is 0 Å².